The lowest BCUT2D eigenvalue weighted by atomic mass is 9.72. The number of likely N-dealkylation sites (tertiary alicyclic amines) is 1. The smallest absolute Gasteiger partial charge is 0.247 e. The number of ether oxygens (including phenoxy) is 1. The van der Waals surface area contributed by atoms with E-state index in [2.05, 4.69) is 36.2 Å². The number of hydrogen-bond donors (Lipinski definition) is 0. The zero-order valence-corrected chi connectivity index (χ0v) is 18.7. The van der Waals surface area contributed by atoms with Crippen LogP contribution < -0.4 is 0 Å². The van der Waals surface area contributed by atoms with E-state index in [1.165, 1.54) is 11.1 Å². The molecule has 0 saturated carbocycles. The molecule has 166 valence electrons. The third-order valence-corrected chi connectivity index (χ3v) is 7.00. The molecule has 2 aliphatic rings. The fraction of sp³-hybridized carbons (Fsp3) is 0.423. The Hall–Kier alpha value is -2.99. The first-order chi connectivity index (χ1) is 15.5. The maximum absolute atomic E-state index is 13.2. The average Bonchev–Trinajstić information content (AvgIpc) is 3.42. The molecule has 3 aromatic rings. The van der Waals surface area contributed by atoms with E-state index >= 15 is 0 Å². The van der Waals surface area contributed by atoms with E-state index in [4.69, 9.17) is 9.15 Å². The number of carbonyl (C=O) groups excluding carboxylic acids is 1. The number of carbonyl (C=O) groups is 1. The molecule has 2 aromatic carbocycles. The van der Waals surface area contributed by atoms with Gasteiger partial charge in [-0.3, -0.25) is 4.79 Å². The monoisotopic (exact) mass is 431 g/mol. The van der Waals surface area contributed by atoms with Crippen LogP contribution in [-0.4, -0.2) is 47.3 Å². The third kappa shape index (κ3) is 4.07. The minimum absolute atomic E-state index is 0.0278. The number of aryl methyl sites for hydroxylation is 2. The molecule has 1 amide bonds. The molecule has 32 heavy (non-hydrogen) atoms. The Labute approximate surface area is 188 Å². The molecule has 0 N–H and O–H groups in total. The largest absolute Gasteiger partial charge is 0.420 e. The number of aromatic nitrogens is 2. The van der Waals surface area contributed by atoms with Gasteiger partial charge in [0.05, 0.1) is 12.3 Å². The Kier molecular flexibility index (Phi) is 5.55. The van der Waals surface area contributed by atoms with Gasteiger partial charge < -0.3 is 14.1 Å². The Bertz CT molecular complexity index is 1080. The minimum atomic E-state index is -0.0712. The molecule has 2 fully saturated rings. The van der Waals surface area contributed by atoms with E-state index in [0.717, 1.165) is 24.0 Å². The van der Waals surface area contributed by atoms with Crippen molar-refractivity contribution in [1.82, 2.24) is 15.1 Å². The van der Waals surface area contributed by atoms with Gasteiger partial charge in [0.1, 0.15) is 0 Å². The quantitative estimate of drug-likeness (QED) is 0.615. The number of rotatable bonds is 4. The summed E-state index contributed by atoms with van der Waals surface area (Å²) in [6.45, 7) is 6.85. The Morgan fingerprint density at radius 3 is 2.34 bits per heavy atom. The molecule has 1 aromatic heterocycles. The number of nitrogens with zero attached hydrogens (tertiary/aromatic N) is 3. The second kappa shape index (κ2) is 8.51. The van der Waals surface area contributed by atoms with Crippen LogP contribution >= 0.6 is 0 Å². The highest BCUT2D eigenvalue weighted by Gasteiger charge is 2.51. The van der Waals surface area contributed by atoms with Crippen LogP contribution in [0.25, 0.3) is 11.5 Å². The van der Waals surface area contributed by atoms with Crippen molar-refractivity contribution in [2.75, 3.05) is 26.3 Å². The van der Waals surface area contributed by atoms with E-state index in [1.54, 1.807) is 0 Å². The number of benzene rings is 2. The highest BCUT2D eigenvalue weighted by atomic mass is 16.5. The second-order valence-electron chi connectivity index (χ2n) is 9.28. The van der Waals surface area contributed by atoms with Gasteiger partial charge in [-0.25, -0.2) is 0 Å². The predicted octanol–water partition coefficient (Wildman–Crippen LogP) is 4.32. The van der Waals surface area contributed by atoms with Crippen molar-refractivity contribution in [2.24, 2.45) is 5.41 Å². The van der Waals surface area contributed by atoms with Crippen molar-refractivity contribution in [2.45, 2.75) is 39.0 Å². The zero-order valence-electron chi connectivity index (χ0n) is 18.7. The normalized spacial score (nSPS) is 20.1. The second-order valence-corrected chi connectivity index (χ2v) is 9.28. The molecule has 6 nitrogen and oxygen atoms in total. The summed E-state index contributed by atoms with van der Waals surface area (Å²) in [6.07, 6.45) is 2.21. The summed E-state index contributed by atoms with van der Waals surface area (Å²) in [6, 6.07) is 16.3. The molecule has 1 spiro atoms. The predicted molar refractivity (Wildman–Crippen MR) is 121 cm³/mol. The Morgan fingerprint density at radius 2 is 1.66 bits per heavy atom. The van der Waals surface area contributed by atoms with Crippen LogP contribution in [0.4, 0.5) is 0 Å². The van der Waals surface area contributed by atoms with Gasteiger partial charge in [-0.15, -0.1) is 10.2 Å². The lowest BCUT2D eigenvalue weighted by molar-refractivity contribution is -0.130. The van der Waals surface area contributed by atoms with Gasteiger partial charge >= 0.3 is 0 Å². The molecule has 0 aliphatic carbocycles. The van der Waals surface area contributed by atoms with Gasteiger partial charge in [0.15, 0.2) is 0 Å². The highest BCUT2D eigenvalue weighted by Crippen LogP contribution is 2.49. The standard InChI is InChI=1S/C26H29N3O3/c1-18-3-7-20(8-4-18)15-23(30)29-16-22(26(17-29)11-13-31-14-12-26)25-28-27-24(32-25)21-9-5-19(2)6-10-21/h3-10,22H,11-17H2,1-2H3. The summed E-state index contributed by atoms with van der Waals surface area (Å²) in [5.74, 6) is 1.35. The van der Waals surface area contributed by atoms with Crippen molar-refractivity contribution >= 4 is 5.91 Å². The molecular formula is C26H29N3O3. The van der Waals surface area contributed by atoms with Crippen LogP contribution in [0, 0.1) is 19.3 Å². The molecule has 0 bridgehead atoms. The fourth-order valence-corrected chi connectivity index (χ4v) is 4.96. The summed E-state index contributed by atoms with van der Waals surface area (Å²) in [7, 11) is 0. The summed E-state index contributed by atoms with van der Waals surface area (Å²) in [5.41, 5.74) is 4.28. The van der Waals surface area contributed by atoms with Gasteiger partial charge in [-0.1, -0.05) is 47.5 Å². The fourth-order valence-electron chi connectivity index (χ4n) is 4.96. The van der Waals surface area contributed by atoms with E-state index in [1.807, 2.05) is 41.3 Å². The SMILES string of the molecule is Cc1ccc(CC(=O)N2CC(c3nnc(-c4ccc(C)cc4)o3)C3(CCOCC3)C2)cc1. The minimum Gasteiger partial charge on any atom is -0.420 e. The average molecular weight is 432 g/mol. The number of amides is 1. The molecule has 1 unspecified atom stereocenters. The van der Waals surface area contributed by atoms with Crippen LogP contribution in [0.3, 0.4) is 0 Å². The van der Waals surface area contributed by atoms with Gasteiger partial charge in [0.25, 0.3) is 0 Å². The summed E-state index contributed by atoms with van der Waals surface area (Å²) in [4.78, 5) is 15.2. The first kappa shape index (κ1) is 20.9. The highest BCUT2D eigenvalue weighted by molar-refractivity contribution is 5.79. The van der Waals surface area contributed by atoms with Crippen molar-refractivity contribution < 1.29 is 13.9 Å². The van der Waals surface area contributed by atoms with Crippen LogP contribution in [0.1, 0.15) is 41.3 Å². The third-order valence-electron chi connectivity index (χ3n) is 7.00. The topological polar surface area (TPSA) is 68.5 Å². The summed E-state index contributed by atoms with van der Waals surface area (Å²) >= 11 is 0. The summed E-state index contributed by atoms with van der Waals surface area (Å²) in [5, 5.41) is 8.77. The molecule has 3 heterocycles. The maximum atomic E-state index is 13.2. The van der Waals surface area contributed by atoms with E-state index in [-0.39, 0.29) is 17.2 Å². The number of hydrogen-bond acceptors (Lipinski definition) is 5. The molecule has 6 heteroatoms. The van der Waals surface area contributed by atoms with Crippen LogP contribution in [0.15, 0.2) is 52.9 Å². The first-order valence-corrected chi connectivity index (χ1v) is 11.3. The van der Waals surface area contributed by atoms with Crippen LogP contribution in [0.5, 0.6) is 0 Å². The van der Waals surface area contributed by atoms with Gasteiger partial charge in [0, 0.05) is 37.3 Å². The van der Waals surface area contributed by atoms with Crippen molar-refractivity contribution in [1.29, 1.82) is 0 Å². The van der Waals surface area contributed by atoms with Crippen LogP contribution in [-0.2, 0) is 16.0 Å². The Balaban J connectivity index is 1.38. The zero-order chi connectivity index (χ0) is 22.1. The lowest BCUT2D eigenvalue weighted by Crippen LogP contribution is -2.37. The maximum Gasteiger partial charge on any atom is 0.247 e. The molecular weight excluding hydrogens is 402 g/mol. The van der Waals surface area contributed by atoms with Gasteiger partial charge in [-0.2, -0.15) is 0 Å². The van der Waals surface area contributed by atoms with Crippen molar-refractivity contribution in [3.63, 3.8) is 0 Å². The van der Waals surface area contributed by atoms with Crippen molar-refractivity contribution in [3.8, 4) is 11.5 Å². The summed E-state index contributed by atoms with van der Waals surface area (Å²) < 4.78 is 11.8. The van der Waals surface area contributed by atoms with Gasteiger partial charge in [-0.05, 0) is 44.4 Å². The molecule has 5 rings (SSSR count). The molecule has 2 aliphatic heterocycles. The Morgan fingerprint density at radius 1 is 1.00 bits per heavy atom. The molecule has 2 saturated heterocycles. The molecule has 0 radical (unpaired) electrons. The van der Waals surface area contributed by atoms with Gasteiger partial charge in [0.2, 0.25) is 17.7 Å². The van der Waals surface area contributed by atoms with E-state index in [0.29, 0.717) is 44.5 Å². The van der Waals surface area contributed by atoms with Crippen molar-refractivity contribution in [3.05, 3.63) is 71.1 Å². The lowest BCUT2D eigenvalue weighted by Gasteiger charge is -2.36. The van der Waals surface area contributed by atoms with E-state index in [9.17, 15) is 4.79 Å². The first-order valence-electron chi connectivity index (χ1n) is 11.3. The van der Waals surface area contributed by atoms with E-state index < -0.39 is 0 Å². The van der Waals surface area contributed by atoms with Crippen LogP contribution in [0.2, 0.25) is 0 Å². The molecule has 1 atom stereocenters.